The van der Waals surface area contributed by atoms with Gasteiger partial charge in [0.2, 0.25) is 0 Å². The van der Waals surface area contributed by atoms with Crippen LogP contribution in [0.3, 0.4) is 0 Å². The van der Waals surface area contributed by atoms with Crippen LogP contribution in [0.2, 0.25) is 0 Å². The van der Waals surface area contributed by atoms with Gasteiger partial charge in [-0.1, -0.05) is 19.8 Å². The molecule has 7 heteroatoms. The average Bonchev–Trinajstić information content (AvgIpc) is 2.39. The number of hydrogen-bond donors (Lipinski definition) is 0. The molecule has 112 valence electrons. The monoisotopic (exact) mass is 301 g/mol. The standard InChI is InChI=1S/C13H20NO5P/c1-3-5-6-11-20(17,18-4-2)19-13-9-7-12(8-10-13)14(15)16/h7-10H,3-6,11H2,1-2H3. The van der Waals surface area contributed by atoms with Gasteiger partial charge in [-0.2, -0.15) is 0 Å². The first-order valence-corrected chi connectivity index (χ1v) is 8.41. The Morgan fingerprint density at radius 3 is 2.35 bits per heavy atom. The minimum absolute atomic E-state index is 0.0328. The second kappa shape index (κ2) is 8.02. The number of nitro groups is 1. The zero-order valence-corrected chi connectivity index (χ0v) is 12.7. The molecule has 0 fully saturated rings. The van der Waals surface area contributed by atoms with Crippen LogP contribution in [0.25, 0.3) is 0 Å². The molecule has 0 aliphatic rings. The lowest BCUT2D eigenvalue weighted by Crippen LogP contribution is -2.03. The molecule has 0 bridgehead atoms. The van der Waals surface area contributed by atoms with Gasteiger partial charge in [0, 0.05) is 12.1 Å². The summed E-state index contributed by atoms with van der Waals surface area (Å²) in [5.74, 6) is 0.323. The van der Waals surface area contributed by atoms with Gasteiger partial charge < -0.3 is 9.05 Å². The summed E-state index contributed by atoms with van der Waals surface area (Å²) in [6.45, 7) is 4.12. The molecule has 0 N–H and O–H groups in total. The summed E-state index contributed by atoms with van der Waals surface area (Å²) < 4.78 is 23.2. The molecule has 0 saturated carbocycles. The second-order valence-electron chi connectivity index (χ2n) is 4.30. The van der Waals surface area contributed by atoms with Crippen molar-refractivity contribution in [2.24, 2.45) is 0 Å². The molecule has 0 saturated heterocycles. The maximum Gasteiger partial charge on any atom is 0.379 e. The highest BCUT2D eigenvalue weighted by Gasteiger charge is 2.25. The van der Waals surface area contributed by atoms with Gasteiger partial charge in [0.1, 0.15) is 5.75 Å². The van der Waals surface area contributed by atoms with Gasteiger partial charge >= 0.3 is 7.60 Å². The summed E-state index contributed by atoms with van der Waals surface area (Å²) in [6, 6.07) is 5.50. The normalized spacial score (nSPS) is 13.7. The van der Waals surface area contributed by atoms with E-state index in [1.807, 2.05) is 0 Å². The highest BCUT2D eigenvalue weighted by atomic mass is 31.2. The molecule has 1 atom stereocenters. The third-order valence-corrected chi connectivity index (χ3v) is 4.66. The molecule has 20 heavy (non-hydrogen) atoms. The van der Waals surface area contributed by atoms with Crippen molar-refractivity contribution in [2.45, 2.75) is 33.1 Å². The summed E-state index contributed by atoms with van der Waals surface area (Å²) >= 11 is 0. The van der Waals surface area contributed by atoms with E-state index in [4.69, 9.17) is 9.05 Å². The summed E-state index contributed by atoms with van der Waals surface area (Å²) in [5, 5.41) is 10.6. The van der Waals surface area contributed by atoms with Crippen molar-refractivity contribution in [3.8, 4) is 5.75 Å². The Kier molecular flexibility index (Phi) is 6.68. The molecule has 0 spiro atoms. The van der Waals surface area contributed by atoms with Crippen LogP contribution in [0.5, 0.6) is 5.75 Å². The minimum Gasteiger partial charge on any atom is -0.424 e. The molecule has 1 aromatic rings. The Balaban J connectivity index is 2.73. The van der Waals surface area contributed by atoms with Gasteiger partial charge in [0.25, 0.3) is 5.69 Å². The molecule has 0 aromatic heterocycles. The summed E-state index contributed by atoms with van der Waals surface area (Å²) in [5.41, 5.74) is -0.0328. The maximum atomic E-state index is 12.5. The predicted octanol–water partition coefficient (Wildman–Crippen LogP) is 4.39. The number of rotatable bonds is 9. The highest BCUT2D eigenvalue weighted by Crippen LogP contribution is 2.49. The molecule has 1 rings (SSSR count). The first kappa shape index (κ1) is 16.7. The third-order valence-electron chi connectivity index (χ3n) is 2.65. The van der Waals surface area contributed by atoms with Gasteiger partial charge in [-0.15, -0.1) is 0 Å². The van der Waals surface area contributed by atoms with E-state index in [1.165, 1.54) is 24.3 Å². The van der Waals surface area contributed by atoms with E-state index in [-0.39, 0.29) is 5.69 Å². The van der Waals surface area contributed by atoms with Gasteiger partial charge in [0.05, 0.1) is 17.7 Å². The Hall–Kier alpha value is -1.39. The van der Waals surface area contributed by atoms with Crippen LogP contribution in [0, 0.1) is 10.1 Å². The maximum absolute atomic E-state index is 12.5. The average molecular weight is 301 g/mol. The van der Waals surface area contributed by atoms with Crippen LogP contribution < -0.4 is 4.52 Å². The van der Waals surface area contributed by atoms with Crippen molar-refractivity contribution in [3.63, 3.8) is 0 Å². The first-order chi connectivity index (χ1) is 9.50. The molecule has 0 heterocycles. The van der Waals surface area contributed by atoms with Gasteiger partial charge in [0.15, 0.2) is 0 Å². The van der Waals surface area contributed by atoms with Crippen LogP contribution in [0.4, 0.5) is 5.69 Å². The molecule has 6 nitrogen and oxygen atoms in total. The quantitative estimate of drug-likeness (QED) is 0.292. The fourth-order valence-corrected chi connectivity index (χ4v) is 3.40. The fraction of sp³-hybridized carbons (Fsp3) is 0.538. The predicted molar refractivity (Wildman–Crippen MR) is 77.3 cm³/mol. The van der Waals surface area contributed by atoms with Crippen LogP contribution in [0.1, 0.15) is 33.1 Å². The lowest BCUT2D eigenvalue weighted by Gasteiger charge is -2.18. The summed E-state index contributed by atoms with van der Waals surface area (Å²) in [6.07, 6.45) is 3.09. The Labute approximate surface area is 118 Å². The van der Waals surface area contributed by atoms with Crippen LogP contribution >= 0.6 is 7.60 Å². The third kappa shape index (κ3) is 5.31. The second-order valence-corrected chi connectivity index (χ2v) is 6.41. The minimum atomic E-state index is -3.18. The number of hydrogen-bond acceptors (Lipinski definition) is 5. The van der Waals surface area contributed by atoms with Crippen molar-refractivity contribution in [2.75, 3.05) is 12.8 Å². The molecule has 0 aliphatic heterocycles. The molecule has 1 aromatic carbocycles. The number of nitro benzene ring substituents is 1. The zero-order chi connectivity index (χ0) is 15.0. The van der Waals surface area contributed by atoms with E-state index in [1.54, 1.807) is 6.92 Å². The van der Waals surface area contributed by atoms with Crippen molar-refractivity contribution in [1.82, 2.24) is 0 Å². The van der Waals surface area contributed by atoms with Crippen LogP contribution in [0.15, 0.2) is 24.3 Å². The van der Waals surface area contributed by atoms with E-state index in [0.29, 0.717) is 18.5 Å². The molecular weight excluding hydrogens is 281 g/mol. The van der Waals surface area contributed by atoms with Gasteiger partial charge in [-0.05, 0) is 25.5 Å². The van der Waals surface area contributed by atoms with Crippen molar-refractivity contribution >= 4 is 13.3 Å². The van der Waals surface area contributed by atoms with Crippen molar-refractivity contribution < 1.29 is 18.5 Å². The van der Waals surface area contributed by atoms with E-state index in [0.717, 1.165) is 19.3 Å². The Morgan fingerprint density at radius 1 is 1.20 bits per heavy atom. The van der Waals surface area contributed by atoms with Gasteiger partial charge in [-0.25, -0.2) is 4.57 Å². The van der Waals surface area contributed by atoms with Gasteiger partial charge in [-0.3, -0.25) is 10.1 Å². The molecule has 0 aliphatic carbocycles. The summed E-state index contributed by atoms with van der Waals surface area (Å²) in [7, 11) is -3.18. The molecule has 1 unspecified atom stereocenters. The number of benzene rings is 1. The van der Waals surface area contributed by atoms with Crippen molar-refractivity contribution in [1.29, 1.82) is 0 Å². The smallest absolute Gasteiger partial charge is 0.379 e. The van der Waals surface area contributed by atoms with E-state index in [2.05, 4.69) is 6.92 Å². The van der Waals surface area contributed by atoms with E-state index < -0.39 is 12.5 Å². The largest absolute Gasteiger partial charge is 0.424 e. The highest BCUT2D eigenvalue weighted by molar-refractivity contribution is 7.54. The Bertz CT molecular complexity index is 474. The van der Waals surface area contributed by atoms with Crippen molar-refractivity contribution in [3.05, 3.63) is 34.4 Å². The molecule has 0 amide bonds. The lowest BCUT2D eigenvalue weighted by molar-refractivity contribution is -0.384. The molecule has 0 radical (unpaired) electrons. The van der Waals surface area contributed by atoms with Crippen LogP contribution in [-0.2, 0) is 9.09 Å². The van der Waals surface area contributed by atoms with Crippen LogP contribution in [-0.4, -0.2) is 17.7 Å². The fourth-order valence-electron chi connectivity index (χ4n) is 1.68. The topological polar surface area (TPSA) is 78.7 Å². The van der Waals surface area contributed by atoms with E-state index >= 15 is 0 Å². The zero-order valence-electron chi connectivity index (χ0n) is 11.8. The number of non-ortho nitro benzene ring substituents is 1. The lowest BCUT2D eigenvalue weighted by atomic mass is 10.3. The Morgan fingerprint density at radius 2 is 1.85 bits per heavy atom. The number of unbranched alkanes of at least 4 members (excludes halogenated alkanes) is 2. The summed E-state index contributed by atoms with van der Waals surface area (Å²) in [4.78, 5) is 10.1. The van der Waals surface area contributed by atoms with E-state index in [9.17, 15) is 14.7 Å². The first-order valence-electron chi connectivity index (χ1n) is 6.68. The SMILES string of the molecule is CCCCCP(=O)(OCC)Oc1ccc([N+](=O)[O-])cc1. The number of nitrogens with zero attached hydrogens (tertiary/aromatic N) is 1. The molecular formula is C13H20NO5P.